The van der Waals surface area contributed by atoms with E-state index in [-0.39, 0.29) is 41.4 Å². The quantitative estimate of drug-likeness (QED) is 0.345. The van der Waals surface area contributed by atoms with E-state index in [9.17, 15) is 19.5 Å². The maximum atomic E-state index is 12.3. The molecular formula is C24H28N4O7. The second-order valence-corrected chi connectivity index (χ2v) is 7.96. The minimum absolute atomic E-state index is 0.0187. The number of amides is 2. The van der Waals surface area contributed by atoms with Gasteiger partial charge in [-0.3, -0.25) is 19.6 Å². The summed E-state index contributed by atoms with van der Waals surface area (Å²) in [5.74, 6) is 2.33. The Morgan fingerprint density at radius 1 is 1.37 bits per heavy atom. The Balaban J connectivity index is 1.52. The number of nitrogens with one attached hydrogen (secondary N) is 2. The van der Waals surface area contributed by atoms with Crippen molar-refractivity contribution in [2.75, 3.05) is 32.1 Å². The molecule has 1 aliphatic carbocycles. The Hall–Kier alpha value is -4.20. The monoisotopic (exact) mass is 484 g/mol. The summed E-state index contributed by atoms with van der Waals surface area (Å²) in [6.45, 7) is 2.10. The highest BCUT2D eigenvalue weighted by Crippen LogP contribution is 2.36. The fourth-order valence-corrected chi connectivity index (χ4v) is 3.84. The maximum Gasteiger partial charge on any atom is 0.410 e. The second-order valence-electron chi connectivity index (χ2n) is 7.96. The molecule has 2 aromatic rings. The maximum absolute atomic E-state index is 12.3. The second kappa shape index (κ2) is 11.8. The minimum Gasteiger partial charge on any atom is -0.507 e. The number of ether oxygens (including phenoxy) is 3. The number of phenols is 1. The first kappa shape index (κ1) is 25.4. The summed E-state index contributed by atoms with van der Waals surface area (Å²) in [5, 5.41) is 19.5. The van der Waals surface area contributed by atoms with E-state index in [4.69, 9.17) is 20.6 Å². The van der Waals surface area contributed by atoms with Crippen molar-refractivity contribution in [1.82, 2.24) is 15.1 Å². The van der Waals surface area contributed by atoms with Gasteiger partial charge in [-0.1, -0.05) is 5.92 Å². The van der Waals surface area contributed by atoms with Crippen molar-refractivity contribution in [2.45, 2.75) is 38.2 Å². The van der Waals surface area contributed by atoms with E-state index in [1.54, 1.807) is 6.07 Å². The number of phenolic OH excluding ortho intramolecular Hbond substituents is 1. The minimum atomic E-state index is -0.506. The van der Waals surface area contributed by atoms with Crippen LogP contribution in [0, 0.1) is 12.3 Å². The van der Waals surface area contributed by atoms with Gasteiger partial charge in [-0.15, -0.1) is 6.42 Å². The molecule has 0 radical (unpaired) electrons. The smallest absolute Gasteiger partial charge is 0.410 e. The van der Waals surface area contributed by atoms with Gasteiger partial charge in [0.1, 0.15) is 23.4 Å². The van der Waals surface area contributed by atoms with Crippen molar-refractivity contribution < 1.29 is 33.7 Å². The third-order valence-electron chi connectivity index (χ3n) is 5.69. The molecule has 0 saturated heterocycles. The number of benzene rings is 1. The van der Waals surface area contributed by atoms with Gasteiger partial charge in [0.2, 0.25) is 0 Å². The van der Waals surface area contributed by atoms with E-state index in [0.29, 0.717) is 31.5 Å². The highest BCUT2D eigenvalue weighted by atomic mass is 16.6. The molecule has 35 heavy (non-hydrogen) atoms. The molecule has 186 valence electrons. The lowest BCUT2D eigenvalue weighted by Crippen LogP contribution is -2.34. The van der Waals surface area contributed by atoms with Gasteiger partial charge < -0.3 is 24.6 Å². The van der Waals surface area contributed by atoms with Crippen molar-refractivity contribution in [2.24, 2.45) is 0 Å². The van der Waals surface area contributed by atoms with E-state index in [1.807, 2.05) is 6.92 Å². The number of aromatic hydroxyl groups is 1. The SMILES string of the molecule is C#CCN(CC)C(=O)O[C@@H]1CC[C@H](c2cc(NC(=O)COc3cc(OC)cc(O)c3C=O)n[nH]2)C1. The standard InChI is InChI=1S/C24H28N4O7/c1-4-8-28(5-2)24(32)35-16-7-6-15(9-16)19-12-22(27-26-19)25-23(31)14-34-21-11-17(33-3)10-20(30)18(21)13-29/h1,10-13,15-16,30H,5-9,14H2,2-3H3,(H2,25,26,27,31)/t15-,16+/m0/s1. The van der Waals surface area contributed by atoms with Gasteiger partial charge in [0.15, 0.2) is 18.7 Å². The molecule has 1 aliphatic rings. The van der Waals surface area contributed by atoms with Crippen molar-refractivity contribution in [3.63, 3.8) is 0 Å². The van der Waals surface area contributed by atoms with Crippen molar-refractivity contribution in [3.05, 3.63) is 29.5 Å². The number of nitrogens with zero attached hydrogens (tertiary/aromatic N) is 2. The summed E-state index contributed by atoms with van der Waals surface area (Å²) in [4.78, 5) is 37.3. The molecule has 0 unspecified atom stereocenters. The molecular weight excluding hydrogens is 456 g/mol. The molecule has 1 aromatic heterocycles. The van der Waals surface area contributed by atoms with Crippen LogP contribution in [0.25, 0.3) is 0 Å². The number of aromatic nitrogens is 2. The molecule has 3 N–H and O–H groups in total. The van der Waals surface area contributed by atoms with E-state index in [2.05, 4.69) is 21.4 Å². The first-order valence-electron chi connectivity index (χ1n) is 11.1. The summed E-state index contributed by atoms with van der Waals surface area (Å²) in [5.41, 5.74) is 0.732. The van der Waals surface area contributed by atoms with Gasteiger partial charge in [0.25, 0.3) is 5.91 Å². The summed E-state index contributed by atoms with van der Waals surface area (Å²) < 4.78 is 16.0. The molecule has 0 bridgehead atoms. The Bertz CT molecular complexity index is 1110. The zero-order valence-electron chi connectivity index (χ0n) is 19.6. The van der Waals surface area contributed by atoms with E-state index in [1.165, 1.54) is 24.1 Å². The number of H-pyrrole nitrogens is 1. The predicted octanol–water partition coefficient (Wildman–Crippen LogP) is 2.68. The van der Waals surface area contributed by atoms with Crippen molar-refractivity contribution >= 4 is 24.1 Å². The van der Waals surface area contributed by atoms with Crippen LogP contribution in [0.4, 0.5) is 10.6 Å². The molecule has 3 rings (SSSR count). The third kappa shape index (κ3) is 6.44. The van der Waals surface area contributed by atoms with Crippen molar-refractivity contribution in [3.8, 4) is 29.6 Å². The molecule has 0 spiro atoms. The van der Waals surface area contributed by atoms with Crippen LogP contribution < -0.4 is 14.8 Å². The first-order chi connectivity index (χ1) is 16.9. The van der Waals surface area contributed by atoms with E-state index < -0.39 is 18.6 Å². The third-order valence-corrected chi connectivity index (χ3v) is 5.69. The van der Waals surface area contributed by atoms with Gasteiger partial charge in [-0.2, -0.15) is 5.10 Å². The number of hydrogen-bond acceptors (Lipinski definition) is 8. The predicted molar refractivity (Wildman–Crippen MR) is 126 cm³/mol. The Morgan fingerprint density at radius 3 is 2.86 bits per heavy atom. The molecule has 1 saturated carbocycles. The molecule has 0 aliphatic heterocycles. The van der Waals surface area contributed by atoms with Gasteiger partial charge in [0, 0.05) is 36.4 Å². The normalized spacial score (nSPS) is 16.7. The lowest BCUT2D eigenvalue weighted by atomic mass is 10.0. The highest BCUT2D eigenvalue weighted by molar-refractivity contribution is 5.91. The molecule has 11 nitrogen and oxygen atoms in total. The zero-order valence-corrected chi connectivity index (χ0v) is 19.6. The van der Waals surface area contributed by atoms with Crippen LogP contribution in [0.5, 0.6) is 17.2 Å². The lowest BCUT2D eigenvalue weighted by Gasteiger charge is -2.20. The van der Waals surface area contributed by atoms with Crippen LogP contribution in [-0.4, -0.2) is 71.4 Å². The summed E-state index contributed by atoms with van der Waals surface area (Å²) in [7, 11) is 1.40. The van der Waals surface area contributed by atoms with Crippen LogP contribution in [0.15, 0.2) is 18.2 Å². The number of aldehydes is 1. The van der Waals surface area contributed by atoms with Gasteiger partial charge in [-0.05, 0) is 26.2 Å². The van der Waals surface area contributed by atoms with Crippen molar-refractivity contribution in [1.29, 1.82) is 0 Å². The molecule has 1 fully saturated rings. The number of rotatable bonds is 10. The molecule has 1 aromatic carbocycles. The number of anilines is 1. The molecule has 2 amide bonds. The number of carbonyl (C=O) groups excluding carboxylic acids is 3. The summed E-state index contributed by atoms with van der Waals surface area (Å²) in [6.07, 6.45) is 7.22. The highest BCUT2D eigenvalue weighted by Gasteiger charge is 2.31. The summed E-state index contributed by atoms with van der Waals surface area (Å²) in [6, 6.07) is 4.39. The molecule has 2 atom stereocenters. The van der Waals surface area contributed by atoms with Crippen LogP contribution >= 0.6 is 0 Å². The molecule has 11 heteroatoms. The van der Waals surface area contributed by atoms with E-state index >= 15 is 0 Å². The number of aromatic amines is 1. The Kier molecular flexibility index (Phi) is 8.56. The average Bonchev–Trinajstić information content (AvgIpc) is 3.50. The van der Waals surface area contributed by atoms with Crippen LogP contribution in [-0.2, 0) is 9.53 Å². The topological polar surface area (TPSA) is 143 Å². The largest absolute Gasteiger partial charge is 0.507 e. The summed E-state index contributed by atoms with van der Waals surface area (Å²) >= 11 is 0. The Labute approximate surface area is 202 Å². The zero-order chi connectivity index (χ0) is 25.4. The fraction of sp³-hybridized carbons (Fsp3) is 0.417. The fourth-order valence-electron chi connectivity index (χ4n) is 3.84. The number of carbonyl (C=O) groups is 3. The van der Waals surface area contributed by atoms with Gasteiger partial charge in [0.05, 0.1) is 19.2 Å². The molecule has 1 heterocycles. The van der Waals surface area contributed by atoms with Crippen LogP contribution in [0.1, 0.15) is 48.2 Å². The van der Waals surface area contributed by atoms with Gasteiger partial charge in [-0.25, -0.2) is 4.79 Å². The van der Waals surface area contributed by atoms with Crippen LogP contribution in [0.3, 0.4) is 0 Å². The van der Waals surface area contributed by atoms with Crippen LogP contribution in [0.2, 0.25) is 0 Å². The van der Waals surface area contributed by atoms with E-state index in [0.717, 1.165) is 12.1 Å². The first-order valence-corrected chi connectivity index (χ1v) is 11.1. The van der Waals surface area contributed by atoms with Gasteiger partial charge >= 0.3 is 6.09 Å². The average molecular weight is 485 g/mol. The number of hydrogen-bond donors (Lipinski definition) is 3. The number of terminal acetylenes is 1. The Morgan fingerprint density at radius 2 is 2.17 bits per heavy atom. The number of methoxy groups -OCH3 is 1. The lowest BCUT2D eigenvalue weighted by molar-refractivity contribution is -0.118.